The predicted molar refractivity (Wildman–Crippen MR) is 110 cm³/mol. The number of benzene rings is 1. The second kappa shape index (κ2) is 9.08. The van der Waals surface area contributed by atoms with Crippen LogP contribution in [0.5, 0.6) is 0 Å². The highest BCUT2D eigenvalue weighted by atomic mass is 16.5. The van der Waals surface area contributed by atoms with E-state index in [0.29, 0.717) is 26.1 Å². The molecule has 160 valence electrons. The third-order valence-electron chi connectivity index (χ3n) is 5.33. The minimum Gasteiger partial charge on any atom is -0.385 e. The number of aromatic nitrogens is 2. The van der Waals surface area contributed by atoms with E-state index in [-0.39, 0.29) is 35.7 Å². The molecule has 2 aromatic rings. The lowest BCUT2D eigenvalue weighted by atomic mass is 9.96. The summed E-state index contributed by atoms with van der Waals surface area (Å²) in [6, 6.07) is 11.0. The standard InChI is InChI=1S/C21H27N5O4/c1-21(20(29)23-13-15-8-5-4-6-9-15)14-26-17(19(28)25(21)2)12-16(24-26)18(27)22-10-7-11-30-3/h4-6,8-9,12H,7,10-11,13-14H2,1-3H3,(H,22,27)(H,23,29). The molecule has 1 aromatic carbocycles. The molecule has 9 heteroatoms. The summed E-state index contributed by atoms with van der Waals surface area (Å²) in [5.41, 5.74) is 0.273. The van der Waals surface area contributed by atoms with E-state index < -0.39 is 5.54 Å². The van der Waals surface area contributed by atoms with Crippen molar-refractivity contribution < 1.29 is 19.1 Å². The maximum absolute atomic E-state index is 13.0. The lowest BCUT2D eigenvalue weighted by Gasteiger charge is -2.40. The number of rotatable bonds is 8. The van der Waals surface area contributed by atoms with E-state index >= 15 is 0 Å². The molecule has 1 aliphatic heterocycles. The SMILES string of the molecule is COCCCNC(=O)c1cc2n(n1)CC(C)(C(=O)NCc1ccccc1)N(C)C2=O. The molecule has 0 radical (unpaired) electrons. The number of carbonyl (C=O) groups excluding carboxylic acids is 3. The van der Waals surface area contributed by atoms with Crippen LogP contribution in [-0.4, -0.2) is 65.2 Å². The lowest BCUT2D eigenvalue weighted by molar-refractivity contribution is -0.132. The van der Waals surface area contributed by atoms with Gasteiger partial charge in [-0.2, -0.15) is 5.10 Å². The Morgan fingerprint density at radius 2 is 1.97 bits per heavy atom. The molecule has 0 saturated carbocycles. The molecule has 0 saturated heterocycles. The van der Waals surface area contributed by atoms with Crippen molar-refractivity contribution in [3.8, 4) is 0 Å². The molecule has 1 atom stereocenters. The fourth-order valence-electron chi connectivity index (χ4n) is 3.32. The van der Waals surface area contributed by atoms with Gasteiger partial charge in [-0.25, -0.2) is 0 Å². The average molecular weight is 413 g/mol. The first kappa shape index (κ1) is 21.5. The molecule has 0 bridgehead atoms. The summed E-state index contributed by atoms with van der Waals surface area (Å²) >= 11 is 0. The van der Waals surface area contributed by atoms with Crippen LogP contribution >= 0.6 is 0 Å². The number of likely N-dealkylation sites (N-methyl/N-ethyl adjacent to an activating group) is 1. The van der Waals surface area contributed by atoms with E-state index in [9.17, 15) is 14.4 Å². The van der Waals surface area contributed by atoms with Crippen LogP contribution in [0.15, 0.2) is 36.4 Å². The molecule has 0 fully saturated rings. The van der Waals surface area contributed by atoms with E-state index in [1.54, 1.807) is 21.1 Å². The summed E-state index contributed by atoms with van der Waals surface area (Å²) in [6.07, 6.45) is 0.678. The Hall–Kier alpha value is -3.20. The molecule has 9 nitrogen and oxygen atoms in total. The van der Waals surface area contributed by atoms with Crippen LogP contribution in [-0.2, 0) is 22.6 Å². The third-order valence-corrected chi connectivity index (χ3v) is 5.33. The Bertz CT molecular complexity index is 927. The largest absolute Gasteiger partial charge is 0.385 e. The maximum Gasteiger partial charge on any atom is 0.272 e. The fourth-order valence-corrected chi connectivity index (χ4v) is 3.32. The number of fused-ring (bicyclic) bond motifs is 1. The van der Waals surface area contributed by atoms with Crippen molar-refractivity contribution in [1.29, 1.82) is 0 Å². The summed E-state index contributed by atoms with van der Waals surface area (Å²) < 4.78 is 6.39. The highest BCUT2D eigenvalue weighted by Gasteiger charge is 2.46. The molecule has 30 heavy (non-hydrogen) atoms. The van der Waals surface area contributed by atoms with Gasteiger partial charge >= 0.3 is 0 Å². The van der Waals surface area contributed by atoms with Crippen LogP contribution in [0.1, 0.15) is 39.9 Å². The van der Waals surface area contributed by atoms with E-state index in [1.165, 1.54) is 15.6 Å². The molecule has 2 N–H and O–H groups in total. The lowest BCUT2D eigenvalue weighted by Crippen LogP contribution is -2.62. The smallest absolute Gasteiger partial charge is 0.272 e. The molecule has 2 heterocycles. The molecular weight excluding hydrogens is 386 g/mol. The number of carbonyl (C=O) groups is 3. The molecular formula is C21H27N5O4. The number of nitrogens with zero attached hydrogens (tertiary/aromatic N) is 3. The normalized spacial score (nSPS) is 18.1. The van der Waals surface area contributed by atoms with E-state index in [2.05, 4.69) is 15.7 Å². The van der Waals surface area contributed by atoms with Gasteiger partial charge in [0.15, 0.2) is 5.69 Å². The first-order valence-electron chi connectivity index (χ1n) is 9.82. The van der Waals surface area contributed by atoms with E-state index in [0.717, 1.165) is 5.56 Å². The Morgan fingerprint density at radius 1 is 1.23 bits per heavy atom. The van der Waals surface area contributed by atoms with Gasteiger partial charge in [-0.05, 0) is 18.9 Å². The topological polar surface area (TPSA) is 106 Å². The Balaban J connectivity index is 1.72. The summed E-state index contributed by atoms with van der Waals surface area (Å²) in [7, 11) is 3.19. The van der Waals surface area contributed by atoms with Gasteiger partial charge in [-0.1, -0.05) is 30.3 Å². The van der Waals surface area contributed by atoms with Crippen LogP contribution in [0.4, 0.5) is 0 Å². The zero-order valence-electron chi connectivity index (χ0n) is 17.5. The van der Waals surface area contributed by atoms with Crippen molar-refractivity contribution in [2.24, 2.45) is 0 Å². The van der Waals surface area contributed by atoms with Crippen molar-refractivity contribution in [3.05, 3.63) is 53.3 Å². The van der Waals surface area contributed by atoms with Gasteiger partial charge in [-0.3, -0.25) is 19.1 Å². The second-order valence-electron chi connectivity index (χ2n) is 7.48. The van der Waals surface area contributed by atoms with Crippen LogP contribution in [0, 0.1) is 0 Å². The summed E-state index contributed by atoms with van der Waals surface area (Å²) in [6.45, 7) is 3.20. The minimum atomic E-state index is -1.13. The fraction of sp³-hybridized carbons (Fsp3) is 0.429. The van der Waals surface area contributed by atoms with Crippen LogP contribution in [0.25, 0.3) is 0 Å². The van der Waals surface area contributed by atoms with Gasteiger partial charge in [-0.15, -0.1) is 0 Å². The van der Waals surface area contributed by atoms with Gasteiger partial charge in [0.2, 0.25) is 5.91 Å². The van der Waals surface area contributed by atoms with Crippen molar-refractivity contribution in [1.82, 2.24) is 25.3 Å². The summed E-state index contributed by atoms with van der Waals surface area (Å²) in [5.74, 6) is -1.00. The Morgan fingerprint density at radius 3 is 2.67 bits per heavy atom. The van der Waals surface area contributed by atoms with E-state index in [4.69, 9.17) is 4.74 Å². The van der Waals surface area contributed by atoms with Gasteiger partial charge in [0.05, 0.1) is 6.54 Å². The summed E-state index contributed by atoms with van der Waals surface area (Å²) in [4.78, 5) is 39.6. The van der Waals surface area contributed by atoms with Crippen molar-refractivity contribution in [3.63, 3.8) is 0 Å². The van der Waals surface area contributed by atoms with Gasteiger partial charge in [0, 0.05) is 39.9 Å². The monoisotopic (exact) mass is 413 g/mol. The molecule has 1 aliphatic rings. The maximum atomic E-state index is 13.0. The highest BCUT2D eigenvalue weighted by molar-refractivity contribution is 6.01. The van der Waals surface area contributed by atoms with Crippen molar-refractivity contribution >= 4 is 17.7 Å². The highest BCUT2D eigenvalue weighted by Crippen LogP contribution is 2.26. The molecule has 0 spiro atoms. The number of hydrogen-bond acceptors (Lipinski definition) is 5. The molecule has 3 rings (SSSR count). The molecule has 1 aromatic heterocycles. The average Bonchev–Trinajstić information content (AvgIpc) is 3.18. The third kappa shape index (κ3) is 4.35. The van der Waals surface area contributed by atoms with Gasteiger partial charge in [0.25, 0.3) is 11.8 Å². The number of nitrogens with one attached hydrogen (secondary N) is 2. The van der Waals surface area contributed by atoms with Crippen LogP contribution < -0.4 is 10.6 Å². The number of amides is 3. The first-order valence-corrected chi connectivity index (χ1v) is 9.82. The zero-order chi connectivity index (χ0) is 21.7. The van der Waals surface area contributed by atoms with Crippen molar-refractivity contribution in [2.45, 2.75) is 32.0 Å². The minimum absolute atomic E-state index is 0.151. The van der Waals surface area contributed by atoms with Gasteiger partial charge < -0.3 is 20.3 Å². The van der Waals surface area contributed by atoms with E-state index in [1.807, 2.05) is 30.3 Å². The van der Waals surface area contributed by atoms with Crippen molar-refractivity contribution in [2.75, 3.05) is 27.3 Å². The first-order chi connectivity index (χ1) is 14.4. The number of ether oxygens (including phenoxy) is 1. The quantitative estimate of drug-likeness (QED) is 0.623. The Kier molecular flexibility index (Phi) is 6.51. The van der Waals surface area contributed by atoms with Gasteiger partial charge in [0.1, 0.15) is 11.2 Å². The molecule has 3 amide bonds. The van der Waals surface area contributed by atoms with Crippen LogP contribution in [0.3, 0.4) is 0 Å². The molecule has 1 unspecified atom stereocenters. The molecule has 0 aliphatic carbocycles. The zero-order valence-corrected chi connectivity index (χ0v) is 17.5. The number of hydrogen-bond donors (Lipinski definition) is 2. The van der Waals surface area contributed by atoms with Crippen LogP contribution in [0.2, 0.25) is 0 Å². The number of methoxy groups -OCH3 is 1. The summed E-state index contributed by atoms with van der Waals surface area (Å²) in [5, 5.41) is 9.92. The predicted octanol–water partition coefficient (Wildman–Crippen LogP) is 0.810. The second-order valence-corrected chi connectivity index (χ2v) is 7.48. The Labute approximate surface area is 175 Å².